The minimum atomic E-state index is 0.366. The highest BCUT2D eigenvalue weighted by Crippen LogP contribution is 2.34. The van der Waals surface area contributed by atoms with E-state index in [0.717, 1.165) is 23.8 Å². The molecule has 3 rings (SSSR count). The van der Waals surface area contributed by atoms with Gasteiger partial charge in [0.25, 0.3) is 0 Å². The van der Waals surface area contributed by atoms with E-state index in [1.807, 2.05) is 0 Å². The van der Waals surface area contributed by atoms with Crippen molar-refractivity contribution in [3.8, 4) is 0 Å². The van der Waals surface area contributed by atoms with Gasteiger partial charge in [-0.1, -0.05) is 57.2 Å². The van der Waals surface area contributed by atoms with Crippen molar-refractivity contribution in [2.24, 2.45) is 5.92 Å². The first-order valence-electron chi connectivity index (χ1n) is 8.50. The highest BCUT2D eigenvalue weighted by atomic mass is 16.3. The highest BCUT2D eigenvalue weighted by molar-refractivity contribution is 5.81. The minimum absolute atomic E-state index is 0.366. The molecule has 1 aromatic heterocycles. The van der Waals surface area contributed by atoms with Crippen LogP contribution in [0.4, 0.5) is 0 Å². The Kier molecular flexibility index (Phi) is 4.64. The van der Waals surface area contributed by atoms with Crippen LogP contribution in [0.5, 0.6) is 0 Å². The number of aryl methyl sites for hydroxylation is 1. The normalized spacial score (nSPS) is 18.2. The van der Waals surface area contributed by atoms with Gasteiger partial charge in [0.1, 0.15) is 11.3 Å². The van der Waals surface area contributed by atoms with Crippen LogP contribution in [0.2, 0.25) is 0 Å². The van der Waals surface area contributed by atoms with Gasteiger partial charge in [-0.05, 0) is 37.4 Å². The SMILES string of the molecule is CCNC(CC1CCCCC1)c1cc2cccc(C)c2o1. The molecule has 1 atom stereocenters. The second kappa shape index (κ2) is 6.65. The summed E-state index contributed by atoms with van der Waals surface area (Å²) in [6.45, 7) is 5.30. The lowest BCUT2D eigenvalue weighted by Gasteiger charge is -2.26. The average molecular weight is 285 g/mol. The van der Waals surface area contributed by atoms with Crippen molar-refractivity contribution < 1.29 is 4.42 Å². The molecule has 1 aromatic carbocycles. The lowest BCUT2D eigenvalue weighted by molar-refractivity contribution is 0.285. The molecule has 1 N–H and O–H groups in total. The molecule has 0 spiro atoms. The molecule has 1 aliphatic carbocycles. The van der Waals surface area contributed by atoms with E-state index < -0.39 is 0 Å². The molecule has 1 saturated carbocycles. The zero-order valence-corrected chi connectivity index (χ0v) is 13.3. The quantitative estimate of drug-likeness (QED) is 0.799. The van der Waals surface area contributed by atoms with Gasteiger partial charge in [0.05, 0.1) is 6.04 Å². The van der Waals surface area contributed by atoms with Gasteiger partial charge in [-0.25, -0.2) is 0 Å². The summed E-state index contributed by atoms with van der Waals surface area (Å²) in [4.78, 5) is 0. The first kappa shape index (κ1) is 14.6. The third-order valence-electron chi connectivity index (χ3n) is 4.85. The van der Waals surface area contributed by atoms with Crippen molar-refractivity contribution >= 4 is 11.0 Å². The van der Waals surface area contributed by atoms with Crippen LogP contribution < -0.4 is 5.32 Å². The minimum Gasteiger partial charge on any atom is -0.459 e. The number of benzene rings is 1. The van der Waals surface area contributed by atoms with Gasteiger partial charge in [0.15, 0.2) is 0 Å². The summed E-state index contributed by atoms with van der Waals surface area (Å²) in [5, 5.41) is 4.87. The summed E-state index contributed by atoms with van der Waals surface area (Å²) in [7, 11) is 0. The molecule has 1 heterocycles. The van der Waals surface area contributed by atoms with Crippen LogP contribution in [-0.4, -0.2) is 6.54 Å². The molecule has 2 nitrogen and oxygen atoms in total. The Morgan fingerprint density at radius 2 is 2.05 bits per heavy atom. The number of fused-ring (bicyclic) bond motifs is 1. The van der Waals surface area contributed by atoms with Crippen molar-refractivity contribution in [1.82, 2.24) is 5.32 Å². The zero-order valence-electron chi connectivity index (χ0n) is 13.3. The Balaban J connectivity index is 1.82. The summed E-state index contributed by atoms with van der Waals surface area (Å²) in [5.74, 6) is 1.98. The second-order valence-corrected chi connectivity index (χ2v) is 6.49. The lowest BCUT2D eigenvalue weighted by Crippen LogP contribution is -2.24. The van der Waals surface area contributed by atoms with Crippen molar-refractivity contribution in [2.75, 3.05) is 6.54 Å². The molecule has 2 aromatic rings. The van der Waals surface area contributed by atoms with Gasteiger partial charge < -0.3 is 9.73 Å². The van der Waals surface area contributed by atoms with Gasteiger partial charge in [-0.3, -0.25) is 0 Å². The summed E-state index contributed by atoms with van der Waals surface area (Å²) >= 11 is 0. The fourth-order valence-electron chi connectivity index (χ4n) is 3.70. The number of para-hydroxylation sites is 1. The highest BCUT2D eigenvalue weighted by Gasteiger charge is 2.22. The molecule has 1 fully saturated rings. The van der Waals surface area contributed by atoms with Crippen molar-refractivity contribution in [2.45, 2.75) is 58.4 Å². The maximum atomic E-state index is 6.19. The van der Waals surface area contributed by atoms with E-state index in [2.05, 4.69) is 43.4 Å². The van der Waals surface area contributed by atoms with Crippen LogP contribution in [0.15, 0.2) is 28.7 Å². The van der Waals surface area contributed by atoms with Crippen molar-refractivity contribution in [3.63, 3.8) is 0 Å². The van der Waals surface area contributed by atoms with E-state index in [-0.39, 0.29) is 0 Å². The Morgan fingerprint density at radius 1 is 1.24 bits per heavy atom. The van der Waals surface area contributed by atoms with Crippen LogP contribution in [0, 0.1) is 12.8 Å². The molecule has 1 aliphatic rings. The molecule has 0 saturated heterocycles. The molecule has 2 heteroatoms. The van der Waals surface area contributed by atoms with E-state index in [9.17, 15) is 0 Å². The number of rotatable bonds is 5. The van der Waals surface area contributed by atoms with Gasteiger partial charge in [-0.2, -0.15) is 0 Å². The fraction of sp³-hybridized carbons (Fsp3) is 0.579. The molecular formula is C19H27NO. The third kappa shape index (κ3) is 3.32. The molecular weight excluding hydrogens is 258 g/mol. The largest absolute Gasteiger partial charge is 0.459 e. The van der Waals surface area contributed by atoms with Crippen LogP contribution >= 0.6 is 0 Å². The topological polar surface area (TPSA) is 25.2 Å². The lowest BCUT2D eigenvalue weighted by atomic mass is 9.84. The summed E-state index contributed by atoms with van der Waals surface area (Å²) in [6, 6.07) is 8.99. The maximum absolute atomic E-state index is 6.19. The van der Waals surface area contributed by atoms with Gasteiger partial charge in [0, 0.05) is 5.39 Å². The molecule has 21 heavy (non-hydrogen) atoms. The standard InChI is InChI=1S/C19H27NO/c1-3-20-17(12-15-9-5-4-6-10-15)18-13-16-11-7-8-14(2)19(16)21-18/h7-8,11,13,15,17,20H,3-6,9-10,12H2,1-2H3. The summed E-state index contributed by atoms with van der Waals surface area (Å²) < 4.78 is 6.19. The number of nitrogens with one attached hydrogen (secondary N) is 1. The summed E-state index contributed by atoms with van der Waals surface area (Å²) in [5.41, 5.74) is 2.28. The van der Waals surface area contributed by atoms with E-state index in [0.29, 0.717) is 6.04 Å². The molecule has 1 unspecified atom stereocenters. The first-order valence-corrected chi connectivity index (χ1v) is 8.50. The number of furan rings is 1. The van der Waals surface area contributed by atoms with E-state index in [1.54, 1.807) is 0 Å². The van der Waals surface area contributed by atoms with Gasteiger partial charge in [-0.15, -0.1) is 0 Å². The van der Waals surface area contributed by atoms with Crippen LogP contribution in [-0.2, 0) is 0 Å². The Morgan fingerprint density at radius 3 is 2.76 bits per heavy atom. The van der Waals surface area contributed by atoms with E-state index in [4.69, 9.17) is 4.42 Å². The van der Waals surface area contributed by atoms with Crippen LogP contribution in [0.25, 0.3) is 11.0 Å². The smallest absolute Gasteiger partial charge is 0.137 e. The van der Waals surface area contributed by atoms with Crippen LogP contribution in [0.3, 0.4) is 0 Å². The van der Waals surface area contributed by atoms with Gasteiger partial charge >= 0.3 is 0 Å². The predicted octanol–water partition coefficient (Wildman–Crippen LogP) is 5.36. The Labute approximate surface area is 127 Å². The first-order chi connectivity index (χ1) is 10.3. The fourth-order valence-corrected chi connectivity index (χ4v) is 3.70. The number of hydrogen-bond donors (Lipinski definition) is 1. The average Bonchev–Trinajstić information content (AvgIpc) is 2.93. The van der Waals surface area contributed by atoms with E-state index in [1.165, 1.54) is 49.5 Å². The Hall–Kier alpha value is -1.28. The third-order valence-corrected chi connectivity index (χ3v) is 4.85. The van der Waals surface area contributed by atoms with Crippen molar-refractivity contribution in [1.29, 1.82) is 0 Å². The second-order valence-electron chi connectivity index (χ2n) is 6.49. The molecule has 0 amide bonds. The maximum Gasteiger partial charge on any atom is 0.137 e. The van der Waals surface area contributed by atoms with Gasteiger partial charge in [0.2, 0.25) is 0 Å². The predicted molar refractivity (Wildman–Crippen MR) is 88.6 cm³/mol. The monoisotopic (exact) mass is 285 g/mol. The molecule has 114 valence electrons. The van der Waals surface area contributed by atoms with E-state index >= 15 is 0 Å². The molecule has 0 radical (unpaired) electrons. The Bertz CT molecular complexity index is 580. The number of hydrogen-bond acceptors (Lipinski definition) is 2. The summed E-state index contributed by atoms with van der Waals surface area (Å²) in [6.07, 6.45) is 8.23. The van der Waals surface area contributed by atoms with Crippen molar-refractivity contribution in [3.05, 3.63) is 35.6 Å². The molecule has 0 bridgehead atoms. The zero-order chi connectivity index (χ0) is 14.7. The van der Waals surface area contributed by atoms with Crippen LogP contribution in [0.1, 0.15) is 62.8 Å². The molecule has 0 aliphatic heterocycles.